The summed E-state index contributed by atoms with van der Waals surface area (Å²) in [6.07, 6.45) is 4.17. The van der Waals surface area contributed by atoms with Crippen molar-refractivity contribution in [2.24, 2.45) is 5.73 Å². The second kappa shape index (κ2) is 20.1. The second-order valence-electron chi connectivity index (χ2n) is 10.5. The number of likely N-dealkylation sites (N-methyl/N-ethyl adjacent to an activating group) is 2. The normalized spacial score (nSPS) is 12.8. The van der Waals surface area contributed by atoms with Gasteiger partial charge in [-0.25, -0.2) is 9.59 Å². The number of anilines is 1. The van der Waals surface area contributed by atoms with Crippen molar-refractivity contribution in [3.8, 4) is 0 Å². The van der Waals surface area contributed by atoms with Crippen LogP contribution in [0.3, 0.4) is 0 Å². The van der Waals surface area contributed by atoms with Crippen molar-refractivity contribution in [3.05, 3.63) is 42.0 Å². The van der Waals surface area contributed by atoms with E-state index >= 15 is 0 Å². The minimum Gasteiger partial charge on any atom is -0.444 e. The molecule has 0 aliphatic carbocycles. The van der Waals surface area contributed by atoms with Crippen molar-refractivity contribution in [2.45, 2.75) is 51.2 Å². The molecule has 7 N–H and O–H groups in total. The Morgan fingerprint density at radius 1 is 0.935 bits per heavy atom. The van der Waals surface area contributed by atoms with Crippen molar-refractivity contribution >= 4 is 47.3 Å². The first-order valence-corrected chi connectivity index (χ1v) is 15.1. The number of para-hydroxylation sites is 1. The Bertz CT molecular complexity index is 1250. The number of hydrogen-bond acceptors (Lipinski definition) is 9. The highest BCUT2D eigenvalue weighted by Crippen LogP contribution is 2.17. The maximum absolute atomic E-state index is 13.3. The van der Waals surface area contributed by atoms with Gasteiger partial charge in [-0.3, -0.25) is 28.9 Å². The maximum Gasteiger partial charge on any atom is 0.409 e. The van der Waals surface area contributed by atoms with E-state index in [2.05, 4.69) is 26.6 Å². The van der Waals surface area contributed by atoms with Gasteiger partial charge < -0.3 is 42.0 Å². The first kappa shape index (κ1) is 37.2. The largest absolute Gasteiger partial charge is 0.444 e. The standard InChI is InChI=1S/C30H44N8O8/c1-32-16-18-37(2)30(45)46-20-21-9-5-6-10-22(21)36-28(43)23(11-8-15-33-29(31)44)35-25(40)19-34-24(39)12-4-3-7-17-38-26(41)13-14-27(38)42/h5-6,9-10,13-14,23,32H,3-4,7-8,11-12,15-20H2,1-2H3,(H,34,39)(H,35,40)(H,36,43)(H3,31,33,44). The molecule has 0 saturated heterocycles. The summed E-state index contributed by atoms with van der Waals surface area (Å²) in [5, 5.41) is 13.3. The molecule has 1 aliphatic rings. The van der Waals surface area contributed by atoms with Crippen molar-refractivity contribution < 1.29 is 38.3 Å². The first-order valence-electron chi connectivity index (χ1n) is 15.1. The van der Waals surface area contributed by atoms with Crippen LogP contribution in [0.1, 0.15) is 44.1 Å². The summed E-state index contributed by atoms with van der Waals surface area (Å²) in [4.78, 5) is 87.3. The second-order valence-corrected chi connectivity index (χ2v) is 10.5. The molecule has 0 fully saturated rings. The van der Waals surface area contributed by atoms with Crippen molar-refractivity contribution in [2.75, 3.05) is 52.1 Å². The van der Waals surface area contributed by atoms with Gasteiger partial charge in [0.15, 0.2) is 0 Å². The van der Waals surface area contributed by atoms with E-state index in [0.29, 0.717) is 50.0 Å². The molecule has 1 aromatic carbocycles. The van der Waals surface area contributed by atoms with Gasteiger partial charge in [-0.15, -0.1) is 0 Å². The summed E-state index contributed by atoms with van der Waals surface area (Å²) in [6.45, 7) is 1.03. The minimum absolute atomic E-state index is 0.101. The number of carbonyl (C=O) groups excluding carboxylic acids is 7. The van der Waals surface area contributed by atoms with E-state index in [4.69, 9.17) is 10.5 Å². The number of nitrogens with zero attached hydrogens (tertiary/aromatic N) is 2. The molecule has 8 amide bonds. The molecule has 46 heavy (non-hydrogen) atoms. The van der Waals surface area contributed by atoms with Crippen LogP contribution in [-0.2, 0) is 35.3 Å². The number of benzene rings is 1. The molecule has 2 rings (SSSR count). The van der Waals surface area contributed by atoms with Crippen LogP contribution < -0.4 is 32.3 Å². The van der Waals surface area contributed by atoms with Crippen LogP contribution in [0.4, 0.5) is 15.3 Å². The predicted octanol–water partition coefficient (Wildman–Crippen LogP) is -0.0522. The zero-order valence-electron chi connectivity index (χ0n) is 26.3. The van der Waals surface area contributed by atoms with Gasteiger partial charge in [-0.2, -0.15) is 0 Å². The molecule has 16 heteroatoms. The first-order chi connectivity index (χ1) is 22.0. The summed E-state index contributed by atoms with van der Waals surface area (Å²) >= 11 is 0. The Labute approximate surface area is 267 Å². The molecule has 0 saturated carbocycles. The lowest BCUT2D eigenvalue weighted by molar-refractivity contribution is -0.137. The van der Waals surface area contributed by atoms with E-state index in [0.717, 1.165) is 4.90 Å². The smallest absolute Gasteiger partial charge is 0.409 e. The molecular weight excluding hydrogens is 600 g/mol. The number of amides is 8. The van der Waals surface area contributed by atoms with Crippen LogP contribution >= 0.6 is 0 Å². The predicted molar refractivity (Wildman–Crippen MR) is 168 cm³/mol. The van der Waals surface area contributed by atoms with Crippen molar-refractivity contribution in [1.29, 1.82) is 0 Å². The third-order valence-electron chi connectivity index (χ3n) is 6.89. The Hall–Kier alpha value is -4.99. The Balaban J connectivity index is 1.87. The molecule has 0 radical (unpaired) electrons. The third-order valence-corrected chi connectivity index (χ3v) is 6.89. The lowest BCUT2D eigenvalue weighted by Gasteiger charge is -2.20. The molecule has 1 heterocycles. The number of unbranched alkanes of at least 4 members (excludes halogenated alkanes) is 2. The lowest BCUT2D eigenvalue weighted by Crippen LogP contribution is -2.47. The van der Waals surface area contributed by atoms with Gasteiger partial charge in [0.25, 0.3) is 11.8 Å². The number of imide groups is 1. The van der Waals surface area contributed by atoms with Gasteiger partial charge in [0.1, 0.15) is 12.6 Å². The number of hydrogen-bond donors (Lipinski definition) is 6. The Morgan fingerprint density at radius 2 is 1.65 bits per heavy atom. The zero-order valence-corrected chi connectivity index (χ0v) is 26.3. The van der Waals surface area contributed by atoms with Crippen molar-refractivity contribution in [3.63, 3.8) is 0 Å². The van der Waals surface area contributed by atoms with Crippen LogP contribution in [-0.4, -0.2) is 104 Å². The van der Waals surface area contributed by atoms with E-state index < -0.39 is 30.0 Å². The Kier molecular flexibility index (Phi) is 16.3. The molecule has 1 aliphatic heterocycles. The number of ether oxygens (including phenoxy) is 1. The highest BCUT2D eigenvalue weighted by molar-refractivity contribution is 6.12. The molecule has 252 valence electrons. The highest BCUT2D eigenvalue weighted by atomic mass is 16.6. The van der Waals surface area contributed by atoms with Gasteiger partial charge in [-0.1, -0.05) is 24.6 Å². The van der Waals surface area contributed by atoms with Gasteiger partial charge in [0.2, 0.25) is 17.7 Å². The monoisotopic (exact) mass is 644 g/mol. The van der Waals surface area contributed by atoms with Crippen LogP contribution in [0.15, 0.2) is 36.4 Å². The van der Waals surface area contributed by atoms with Crippen LogP contribution in [0.25, 0.3) is 0 Å². The number of primary amides is 1. The Morgan fingerprint density at radius 3 is 2.35 bits per heavy atom. The fourth-order valence-corrected chi connectivity index (χ4v) is 4.29. The van der Waals surface area contributed by atoms with E-state index in [1.807, 2.05) is 0 Å². The average molecular weight is 645 g/mol. The van der Waals surface area contributed by atoms with Gasteiger partial charge in [0, 0.05) is 63.1 Å². The molecule has 0 spiro atoms. The number of nitrogens with one attached hydrogen (secondary N) is 5. The van der Waals surface area contributed by atoms with Gasteiger partial charge in [-0.05, 0) is 38.8 Å². The van der Waals surface area contributed by atoms with E-state index in [1.165, 1.54) is 17.1 Å². The number of rotatable bonds is 20. The molecule has 1 aromatic rings. The van der Waals surface area contributed by atoms with Crippen LogP contribution in [0.5, 0.6) is 0 Å². The van der Waals surface area contributed by atoms with E-state index in [1.54, 1.807) is 38.4 Å². The molecule has 1 atom stereocenters. The van der Waals surface area contributed by atoms with Crippen LogP contribution in [0, 0.1) is 0 Å². The molecule has 0 bridgehead atoms. The van der Waals surface area contributed by atoms with Crippen LogP contribution in [0.2, 0.25) is 0 Å². The number of carbonyl (C=O) groups is 7. The topological polar surface area (TPSA) is 221 Å². The molecular formula is C30H44N8O8. The molecule has 16 nitrogen and oxygen atoms in total. The lowest BCUT2D eigenvalue weighted by atomic mass is 10.1. The summed E-state index contributed by atoms with van der Waals surface area (Å²) in [5.41, 5.74) is 6.03. The van der Waals surface area contributed by atoms with Gasteiger partial charge in [0.05, 0.1) is 6.54 Å². The maximum atomic E-state index is 13.3. The third kappa shape index (κ3) is 13.8. The minimum atomic E-state index is -1.02. The fraction of sp³-hybridized carbons (Fsp3) is 0.500. The summed E-state index contributed by atoms with van der Waals surface area (Å²) < 4.78 is 5.38. The quantitative estimate of drug-likeness (QED) is 0.0826. The number of urea groups is 1. The highest BCUT2D eigenvalue weighted by Gasteiger charge is 2.23. The summed E-state index contributed by atoms with van der Waals surface area (Å²) in [7, 11) is 3.38. The van der Waals surface area contributed by atoms with E-state index in [-0.39, 0.29) is 56.8 Å². The zero-order chi connectivity index (χ0) is 33.9. The fourth-order valence-electron chi connectivity index (χ4n) is 4.29. The average Bonchev–Trinajstić information content (AvgIpc) is 3.35. The summed E-state index contributed by atoms with van der Waals surface area (Å²) in [5.74, 6) is -2.20. The summed E-state index contributed by atoms with van der Waals surface area (Å²) in [6, 6.07) is 5.02. The number of nitrogens with two attached hydrogens (primary N) is 1. The SMILES string of the molecule is CNCCN(C)C(=O)OCc1ccccc1NC(=O)C(CCCNC(N)=O)NC(=O)CNC(=O)CCCCCN1C(=O)C=CC1=O. The molecule has 1 unspecified atom stereocenters. The van der Waals surface area contributed by atoms with Gasteiger partial charge >= 0.3 is 12.1 Å². The van der Waals surface area contributed by atoms with E-state index in [9.17, 15) is 33.6 Å². The molecule has 0 aromatic heterocycles. The van der Waals surface area contributed by atoms with Crippen molar-refractivity contribution in [1.82, 2.24) is 31.1 Å².